The third-order valence-electron chi connectivity index (χ3n) is 3.68. The van der Waals surface area contributed by atoms with E-state index < -0.39 is 0 Å². The molecule has 5 nitrogen and oxygen atoms in total. The lowest BCUT2D eigenvalue weighted by Crippen LogP contribution is -2.34. The van der Waals surface area contributed by atoms with Crippen LogP contribution >= 0.6 is 11.3 Å². The van der Waals surface area contributed by atoms with Crippen molar-refractivity contribution in [1.29, 1.82) is 0 Å². The predicted molar refractivity (Wildman–Crippen MR) is 77.6 cm³/mol. The molecule has 0 spiro atoms. The zero-order valence-electron chi connectivity index (χ0n) is 11.4. The quantitative estimate of drug-likeness (QED) is 0.673. The average molecular weight is 296 g/mol. The van der Waals surface area contributed by atoms with E-state index in [2.05, 4.69) is 10.6 Å². The van der Waals surface area contributed by atoms with Crippen molar-refractivity contribution in [2.45, 2.75) is 25.7 Å². The van der Waals surface area contributed by atoms with Gasteiger partial charge in [0.15, 0.2) is 0 Å². The van der Waals surface area contributed by atoms with Gasteiger partial charge in [-0.05, 0) is 36.1 Å². The smallest absolute Gasteiger partial charge is 0.252 e. The van der Waals surface area contributed by atoms with Crippen LogP contribution in [0.25, 0.3) is 0 Å². The van der Waals surface area contributed by atoms with Gasteiger partial charge in [-0.2, -0.15) is 11.3 Å². The Labute approximate surface area is 122 Å². The lowest BCUT2D eigenvalue weighted by atomic mass is 10.0. The maximum absolute atomic E-state index is 11.7. The number of thiophene rings is 1. The van der Waals surface area contributed by atoms with Crippen molar-refractivity contribution in [3.05, 3.63) is 22.4 Å². The summed E-state index contributed by atoms with van der Waals surface area (Å²) in [5, 5.41) is 18.2. The second-order valence-electron chi connectivity index (χ2n) is 5.27. The van der Waals surface area contributed by atoms with Crippen LogP contribution in [0.1, 0.15) is 36.0 Å². The highest BCUT2D eigenvalue weighted by molar-refractivity contribution is 7.08. The van der Waals surface area contributed by atoms with Gasteiger partial charge in [-0.1, -0.05) is 0 Å². The van der Waals surface area contributed by atoms with Crippen molar-refractivity contribution in [3.63, 3.8) is 0 Å². The van der Waals surface area contributed by atoms with E-state index in [9.17, 15) is 9.59 Å². The van der Waals surface area contributed by atoms with Gasteiger partial charge in [0.1, 0.15) is 0 Å². The molecule has 0 aromatic carbocycles. The highest BCUT2D eigenvalue weighted by Gasteiger charge is 2.41. The van der Waals surface area contributed by atoms with E-state index in [-0.39, 0.29) is 30.3 Å². The van der Waals surface area contributed by atoms with Crippen LogP contribution in [0.2, 0.25) is 0 Å². The summed E-state index contributed by atoms with van der Waals surface area (Å²) < 4.78 is 0. The minimum atomic E-state index is -0.141. The van der Waals surface area contributed by atoms with Gasteiger partial charge in [-0.25, -0.2) is 0 Å². The summed E-state index contributed by atoms with van der Waals surface area (Å²) in [6, 6.07) is 1.76. The van der Waals surface area contributed by atoms with Crippen molar-refractivity contribution in [1.82, 2.24) is 10.6 Å². The Kier molecular flexibility index (Phi) is 5.14. The maximum atomic E-state index is 11.7. The number of hydrogen-bond donors (Lipinski definition) is 3. The SMILES string of the molecule is O=C(CCNC(=O)c1ccsc1)NCC1(CCO)CC1. The summed E-state index contributed by atoms with van der Waals surface area (Å²) in [6.07, 6.45) is 3.18. The summed E-state index contributed by atoms with van der Waals surface area (Å²) in [4.78, 5) is 23.3. The van der Waals surface area contributed by atoms with Crippen molar-refractivity contribution in [2.75, 3.05) is 19.7 Å². The molecule has 2 amide bonds. The number of aliphatic hydroxyl groups is 1. The van der Waals surface area contributed by atoms with E-state index >= 15 is 0 Å². The largest absolute Gasteiger partial charge is 0.396 e. The van der Waals surface area contributed by atoms with Gasteiger partial charge in [0.25, 0.3) is 5.91 Å². The summed E-state index contributed by atoms with van der Waals surface area (Å²) in [6.45, 7) is 1.14. The Balaban J connectivity index is 1.60. The second-order valence-corrected chi connectivity index (χ2v) is 6.05. The number of amides is 2. The summed E-state index contributed by atoms with van der Waals surface area (Å²) >= 11 is 1.47. The van der Waals surface area contributed by atoms with Gasteiger partial charge < -0.3 is 15.7 Å². The van der Waals surface area contributed by atoms with Crippen molar-refractivity contribution >= 4 is 23.2 Å². The van der Waals surface area contributed by atoms with E-state index in [4.69, 9.17) is 5.11 Å². The topological polar surface area (TPSA) is 78.4 Å². The van der Waals surface area contributed by atoms with Gasteiger partial charge in [0, 0.05) is 37.1 Å². The predicted octanol–water partition coefficient (Wildman–Crippen LogP) is 1.15. The molecule has 0 radical (unpaired) electrons. The normalized spacial score (nSPS) is 15.7. The fourth-order valence-electron chi connectivity index (χ4n) is 2.09. The number of rotatable bonds is 8. The standard InChI is InChI=1S/C14H20N2O3S/c17-7-5-14(3-4-14)10-16-12(18)1-6-15-13(19)11-2-8-20-9-11/h2,8-9,17H,1,3-7,10H2,(H,15,19)(H,16,18). The van der Waals surface area contributed by atoms with Gasteiger partial charge in [-0.15, -0.1) is 0 Å². The van der Waals surface area contributed by atoms with Crippen LogP contribution < -0.4 is 10.6 Å². The zero-order valence-corrected chi connectivity index (χ0v) is 12.2. The molecule has 0 unspecified atom stereocenters. The molecule has 1 saturated carbocycles. The number of hydrogen-bond acceptors (Lipinski definition) is 4. The number of aliphatic hydroxyl groups excluding tert-OH is 1. The maximum Gasteiger partial charge on any atom is 0.252 e. The Bertz CT molecular complexity index is 455. The molecule has 0 atom stereocenters. The highest BCUT2D eigenvalue weighted by atomic mass is 32.1. The molecule has 0 aliphatic heterocycles. The summed E-state index contributed by atoms with van der Waals surface area (Å²) in [5.74, 6) is -0.196. The van der Waals surface area contributed by atoms with E-state index in [0.29, 0.717) is 18.7 Å². The van der Waals surface area contributed by atoms with Gasteiger partial charge in [0.05, 0.1) is 0 Å². The fourth-order valence-corrected chi connectivity index (χ4v) is 2.72. The molecule has 110 valence electrons. The molecular formula is C14H20N2O3S. The first-order valence-corrected chi connectivity index (χ1v) is 7.77. The second kappa shape index (κ2) is 6.85. The number of carbonyl (C=O) groups excluding carboxylic acids is 2. The summed E-state index contributed by atoms with van der Waals surface area (Å²) in [7, 11) is 0. The Morgan fingerprint density at radius 2 is 2.15 bits per heavy atom. The first-order chi connectivity index (χ1) is 9.65. The Hall–Kier alpha value is -1.40. The molecular weight excluding hydrogens is 276 g/mol. The fraction of sp³-hybridized carbons (Fsp3) is 0.571. The van der Waals surface area contributed by atoms with E-state index in [1.807, 2.05) is 5.38 Å². The minimum absolute atomic E-state index is 0.0557. The molecule has 20 heavy (non-hydrogen) atoms. The van der Waals surface area contributed by atoms with Gasteiger partial charge >= 0.3 is 0 Å². The molecule has 0 saturated heterocycles. The lowest BCUT2D eigenvalue weighted by Gasteiger charge is -2.14. The van der Waals surface area contributed by atoms with Crippen LogP contribution in [0.15, 0.2) is 16.8 Å². The van der Waals surface area contributed by atoms with Crippen LogP contribution in [0, 0.1) is 5.41 Å². The van der Waals surface area contributed by atoms with Gasteiger partial charge in [-0.3, -0.25) is 9.59 Å². The first kappa shape index (κ1) is 15.0. The lowest BCUT2D eigenvalue weighted by molar-refractivity contribution is -0.121. The van der Waals surface area contributed by atoms with E-state index in [1.54, 1.807) is 11.4 Å². The third-order valence-corrected chi connectivity index (χ3v) is 4.36. The van der Waals surface area contributed by atoms with Crippen LogP contribution in [0.5, 0.6) is 0 Å². The summed E-state index contributed by atoms with van der Waals surface area (Å²) in [5.41, 5.74) is 0.764. The van der Waals surface area contributed by atoms with Crippen LogP contribution in [0.3, 0.4) is 0 Å². The van der Waals surface area contributed by atoms with E-state index in [1.165, 1.54) is 11.3 Å². The molecule has 1 aromatic rings. The van der Waals surface area contributed by atoms with Crippen molar-refractivity contribution < 1.29 is 14.7 Å². The zero-order chi connectivity index (χ0) is 14.4. The minimum Gasteiger partial charge on any atom is -0.396 e. The first-order valence-electron chi connectivity index (χ1n) is 6.83. The van der Waals surface area contributed by atoms with Gasteiger partial charge in [0.2, 0.25) is 5.91 Å². The molecule has 0 bridgehead atoms. The van der Waals surface area contributed by atoms with E-state index in [0.717, 1.165) is 19.3 Å². The molecule has 1 aliphatic rings. The Morgan fingerprint density at radius 1 is 1.35 bits per heavy atom. The monoisotopic (exact) mass is 296 g/mol. The third kappa shape index (κ3) is 4.31. The molecule has 1 aromatic heterocycles. The molecule has 3 N–H and O–H groups in total. The highest BCUT2D eigenvalue weighted by Crippen LogP contribution is 2.47. The van der Waals surface area contributed by atoms with Crippen LogP contribution in [-0.2, 0) is 4.79 Å². The average Bonchev–Trinajstić information content (AvgIpc) is 2.99. The van der Waals surface area contributed by atoms with Crippen molar-refractivity contribution in [2.24, 2.45) is 5.41 Å². The van der Waals surface area contributed by atoms with Crippen LogP contribution in [-0.4, -0.2) is 36.6 Å². The molecule has 1 fully saturated rings. The molecule has 2 rings (SSSR count). The molecule has 6 heteroatoms. The molecule has 1 heterocycles. The van der Waals surface area contributed by atoms with Crippen LogP contribution in [0.4, 0.5) is 0 Å². The molecule has 1 aliphatic carbocycles. The number of carbonyl (C=O) groups is 2. The Morgan fingerprint density at radius 3 is 2.75 bits per heavy atom. The van der Waals surface area contributed by atoms with Crippen molar-refractivity contribution in [3.8, 4) is 0 Å². The number of nitrogens with one attached hydrogen (secondary N) is 2.